The number of H-pyrrole nitrogens is 1. The summed E-state index contributed by atoms with van der Waals surface area (Å²) in [6.07, 6.45) is 6.71. The Balaban J connectivity index is 2.36. The number of hydrogen-bond acceptors (Lipinski definition) is 4. The fourth-order valence-corrected chi connectivity index (χ4v) is 1.54. The van der Waals surface area contributed by atoms with Gasteiger partial charge in [-0.3, -0.25) is 4.57 Å². The van der Waals surface area contributed by atoms with Crippen LogP contribution in [0.1, 0.15) is 0 Å². The monoisotopic (exact) mass is 200 g/mol. The molecule has 3 aromatic rings. The Morgan fingerprint density at radius 1 is 1.27 bits per heavy atom. The van der Waals surface area contributed by atoms with Crippen LogP contribution in [0.5, 0.6) is 0 Å². The second-order valence-electron chi connectivity index (χ2n) is 3.09. The van der Waals surface area contributed by atoms with Crippen molar-refractivity contribution in [1.29, 1.82) is 0 Å². The molecule has 3 heterocycles. The molecule has 3 aromatic heterocycles. The quantitative estimate of drug-likeness (QED) is 0.606. The summed E-state index contributed by atoms with van der Waals surface area (Å²) >= 11 is 0. The fourth-order valence-electron chi connectivity index (χ4n) is 1.54. The van der Waals surface area contributed by atoms with Gasteiger partial charge in [-0.1, -0.05) is 0 Å². The maximum atomic E-state index is 5.71. The van der Waals surface area contributed by atoms with Gasteiger partial charge in [0.2, 0.25) is 5.95 Å². The summed E-state index contributed by atoms with van der Waals surface area (Å²) in [5.74, 6) is 1.15. The van der Waals surface area contributed by atoms with Gasteiger partial charge in [-0.25, -0.2) is 15.0 Å². The number of hydrogen-bond donors (Lipinski definition) is 2. The highest BCUT2D eigenvalue weighted by molar-refractivity contribution is 5.83. The minimum Gasteiger partial charge on any atom is -0.369 e. The van der Waals surface area contributed by atoms with E-state index in [-0.39, 0.29) is 0 Å². The highest BCUT2D eigenvalue weighted by Gasteiger charge is 2.08. The lowest BCUT2D eigenvalue weighted by molar-refractivity contribution is 1.00. The molecule has 0 saturated heterocycles. The van der Waals surface area contributed by atoms with Gasteiger partial charge in [0.15, 0.2) is 5.82 Å². The van der Waals surface area contributed by atoms with Crippen molar-refractivity contribution in [2.45, 2.75) is 0 Å². The molecule has 0 unspecified atom stereocenters. The van der Waals surface area contributed by atoms with E-state index < -0.39 is 0 Å². The van der Waals surface area contributed by atoms with Gasteiger partial charge in [0, 0.05) is 18.6 Å². The molecule has 15 heavy (non-hydrogen) atoms. The lowest BCUT2D eigenvalue weighted by atomic mass is 10.4. The van der Waals surface area contributed by atoms with Crippen LogP contribution in [0.3, 0.4) is 0 Å². The molecule has 0 radical (unpaired) electrons. The maximum Gasteiger partial charge on any atom is 0.206 e. The van der Waals surface area contributed by atoms with Crippen molar-refractivity contribution in [3.63, 3.8) is 0 Å². The Morgan fingerprint density at radius 3 is 3.00 bits per heavy atom. The van der Waals surface area contributed by atoms with Gasteiger partial charge in [-0.2, -0.15) is 0 Å². The molecular weight excluding hydrogens is 192 g/mol. The first-order valence-corrected chi connectivity index (χ1v) is 4.43. The number of imidazole rings is 1. The van der Waals surface area contributed by atoms with Crippen molar-refractivity contribution in [2.24, 2.45) is 0 Å². The summed E-state index contributed by atoms with van der Waals surface area (Å²) < 4.78 is 1.72. The molecule has 0 atom stereocenters. The van der Waals surface area contributed by atoms with Crippen LogP contribution in [0, 0.1) is 0 Å². The first-order chi connectivity index (χ1) is 7.36. The number of nitrogen functional groups attached to an aromatic ring is 1. The largest absolute Gasteiger partial charge is 0.369 e. The molecule has 0 spiro atoms. The molecule has 0 aromatic carbocycles. The first kappa shape index (κ1) is 7.98. The van der Waals surface area contributed by atoms with E-state index in [4.69, 9.17) is 5.73 Å². The first-order valence-electron chi connectivity index (χ1n) is 4.43. The fraction of sp³-hybridized carbons (Fsp3) is 0. The number of nitrogens with zero attached hydrogens (tertiary/aromatic N) is 4. The molecule has 0 aliphatic heterocycles. The van der Waals surface area contributed by atoms with Crippen molar-refractivity contribution in [1.82, 2.24) is 24.5 Å². The summed E-state index contributed by atoms with van der Waals surface area (Å²) in [5.41, 5.74) is 6.50. The molecule has 0 aliphatic carbocycles. The smallest absolute Gasteiger partial charge is 0.206 e. The van der Waals surface area contributed by atoms with Crippen molar-refractivity contribution in [3.8, 4) is 5.82 Å². The standard InChI is InChI=1S/C9H8N6/c10-9-12-3-4-15(9)8-6-1-2-11-7(6)13-5-14-8/h1-5H,(H2,10,12)(H,11,13,14). The Labute approximate surface area is 84.8 Å². The van der Waals surface area contributed by atoms with E-state index in [9.17, 15) is 0 Å². The van der Waals surface area contributed by atoms with Crippen molar-refractivity contribution in [3.05, 3.63) is 31.0 Å². The van der Waals surface area contributed by atoms with Gasteiger partial charge in [0.25, 0.3) is 0 Å². The average Bonchev–Trinajstić information content (AvgIpc) is 2.85. The summed E-state index contributed by atoms with van der Waals surface area (Å²) in [4.78, 5) is 15.3. The summed E-state index contributed by atoms with van der Waals surface area (Å²) in [7, 11) is 0. The summed E-state index contributed by atoms with van der Waals surface area (Å²) in [6, 6.07) is 1.91. The van der Waals surface area contributed by atoms with Gasteiger partial charge in [0.1, 0.15) is 12.0 Å². The van der Waals surface area contributed by atoms with Crippen molar-refractivity contribution in [2.75, 3.05) is 5.73 Å². The van der Waals surface area contributed by atoms with Crippen LogP contribution >= 0.6 is 0 Å². The Morgan fingerprint density at radius 2 is 2.20 bits per heavy atom. The molecule has 0 bridgehead atoms. The number of nitrogens with one attached hydrogen (secondary N) is 1. The van der Waals surface area contributed by atoms with E-state index >= 15 is 0 Å². The van der Waals surface area contributed by atoms with Gasteiger partial charge in [-0.05, 0) is 6.07 Å². The minimum atomic E-state index is 0.413. The SMILES string of the molecule is Nc1nccn1-c1ncnc2[nH]ccc12. The Kier molecular flexibility index (Phi) is 1.49. The van der Waals surface area contributed by atoms with Gasteiger partial charge in [-0.15, -0.1) is 0 Å². The van der Waals surface area contributed by atoms with Crippen LogP contribution in [0.15, 0.2) is 31.0 Å². The average molecular weight is 200 g/mol. The van der Waals surface area contributed by atoms with Crippen LogP contribution in [0.2, 0.25) is 0 Å². The van der Waals surface area contributed by atoms with Gasteiger partial charge < -0.3 is 10.7 Å². The van der Waals surface area contributed by atoms with Crippen LogP contribution in [-0.4, -0.2) is 24.5 Å². The highest BCUT2D eigenvalue weighted by Crippen LogP contribution is 2.18. The Bertz CT molecular complexity index is 608. The zero-order chi connectivity index (χ0) is 10.3. The molecule has 0 fully saturated rings. The molecule has 74 valence electrons. The number of aromatic nitrogens is 5. The van der Waals surface area contributed by atoms with Crippen LogP contribution in [0.25, 0.3) is 16.9 Å². The van der Waals surface area contributed by atoms with Gasteiger partial charge >= 0.3 is 0 Å². The molecule has 0 saturated carbocycles. The highest BCUT2D eigenvalue weighted by atomic mass is 15.2. The molecule has 3 rings (SSSR count). The molecule has 0 amide bonds. The van der Waals surface area contributed by atoms with Crippen LogP contribution < -0.4 is 5.73 Å². The predicted octanol–water partition coefficient (Wildman–Crippen LogP) is 0.726. The van der Waals surface area contributed by atoms with Crippen molar-refractivity contribution < 1.29 is 0 Å². The maximum absolute atomic E-state index is 5.71. The third-order valence-corrected chi connectivity index (χ3v) is 2.23. The number of rotatable bonds is 1. The lowest BCUT2D eigenvalue weighted by Crippen LogP contribution is -2.02. The third kappa shape index (κ3) is 1.08. The molecular formula is C9H8N6. The molecule has 6 nitrogen and oxygen atoms in total. The van der Waals surface area contributed by atoms with E-state index in [1.165, 1.54) is 6.33 Å². The number of aromatic amines is 1. The predicted molar refractivity (Wildman–Crippen MR) is 55.4 cm³/mol. The minimum absolute atomic E-state index is 0.413. The normalized spacial score (nSPS) is 10.9. The molecule has 0 aliphatic rings. The second-order valence-corrected chi connectivity index (χ2v) is 3.09. The van der Waals surface area contributed by atoms with Gasteiger partial charge in [0.05, 0.1) is 5.39 Å². The van der Waals surface area contributed by atoms with Crippen LogP contribution in [-0.2, 0) is 0 Å². The zero-order valence-corrected chi connectivity index (χ0v) is 7.75. The third-order valence-electron chi connectivity index (χ3n) is 2.23. The lowest BCUT2D eigenvalue weighted by Gasteiger charge is -2.03. The molecule has 6 heteroatoms. The van der Waals surface area contributed by atoms with E-state index in [1.807, 2.05) is 12.3 Å². The number of anilines is 1. The number of fused-ring (bicyclic) bond motifs is 1. The van der Waals surface area contributed by atoms with E-state index in [0.717, 1.165) is 16.9 Å². The topological polar surface area (TPSA) is 85.4 Å². The summed E-state index contributed by atoms with van der Waals surface area (Å²) in [6.45, 7) is 0. The number of nitrogens with two attached hydrogens (primary N) is 1. The molecule has 3 N–H and O–H groups in total. The summed E-state index contributed by atoms with van der Waals surface area (Å²) in [5, 5.41) is 0.919. The van der Waals surface area contributed by atoms with E-state index in [1.54, 1.807) is 17.0 Å². The van der Waals surface area contributed by atoms with Crippen molar-refractivity contribution >= 4 is 17.0 Å². The zero-order valence-electron chi connectivity index (χ0n) is 7.75. The second kappa shape index (κ2) is 2.81. The van der Waals surface area contributed by atoms with E-state index in [2.05, 4.69) is 19.9 Å². The Hall–Kier alpha value is -2.37. The van der Waals surface area contributed by atoms with E-state index in [0.29, 0.717) is 5.95 Å². The van der Waals surface area contributed by atoms with Crippen LogP contribution in [0.4, 0.5) is 5.95 Å².